The monoisotopic (exact) mass is 488 g/mol. The Morgan fingerprint density at radius 3 is 2.35 bits per heavy atom. The summed E-state index contributed by atoms with van der Waals surface area (Å²) in [6.45, 7) is 9.02. The number of nitrogens with zero attached hydrogens (tertiary/aromatic N) is 3. The van der Waals surface area contributed by atoms with Crippen LogP contribution in [0, 0.1) is 6.92 Å². The number of para-hydroxylation sites is 1. The highest BCUT2D eigenvalue weighted by molar-refractivity contribution is 6.07. The molecule has 37 heavy (non-hydrogen) atoms. The number of carbonyl (C=O) groups is 1. The van der Waals surface area contributed by atoms with Crippen molar-refractivity contribution in [1.82, 2.24) is 20.1 Å². The van der Waals surface area contributed by atoms with Gasteiger partial charge in [0.1, 0.15) is 0 Å². The molecule has 5 heteroatoms. The Bertz CT molecular complexity index is 1550. The fraction of sp³-hybridized carbons (Fsp3) is 0.219. The average Bonchev–Trinajstić information content (AvgIpc) is 3.32. The molecule has 0 saturated heterocycles. The fourth-order valence-corrected chi connectivity index (χ4v) is 4.59. The first kappa shape index (κ1) is 24.4. The molecule has 0 saturated carbocycles. The Morgan fingerprint density at radius 1 is 0.946 bits per heavy atom. The molecule has 1 amide bonds. The van der Waals surface area contributed by atoms with Crippen LogP contribution in [0.25, 0.3) is 27.8 Å². The highest BCUT2D eigenvalue weighted by Gasteiger charge is 2.17. The first-order valence-corrected chi connectivity index (χ1v) is 12.9. The zero-order valence-electron chi connectivity index (χ0n) is 21.8. The Kier molecular flexibility index (Phi) is 6.87. The molecule has 0 aliphatic rings. The Balaban J connectivity index is 1.47. The predicted molar refractivity (Wildman–Crippen MR) is 150 cm³/mol. The van der Waals surface area contributed by atoms with E-state index in [1.165, 1.54) is 11.1 Å². The lowest BCUT2D eigenvalue weighted by molar-refractivity contribution is 0.0952. The van der Waals surface area contributed by atoms with Crippen molar-refractivity contribution < 1.29 is 4.79 Å². The molecule has 5 aromatic rings. The summed E-state index contributed by atoms with van der Waals surface area (Å²) in [5, 5.41) is 8.59. The van der Waals surface area contributed by atoms with E-state index in [4.69, 9.17) is 4.98 Å². The maximum absolute atomic E-state index is 13.4. The van der Waals surface area contributed by atoms with Crippen LogP contribution in [0.2, 0.25) is 0 Å². The number of carbonyl (C=O) groups excluding carboxylic acids is 1. The SMILES string of the molecule is CCc1ccc(CNC(=O)c2cc(-c3cnn(-c4ccc(C(C)C)cc4)c3C)nc3ccccc23)cc1. The lowest BCUT2D eigenvalue weighted by Gasteiger charge is -2.12. The van der Waals surface area contributed by atoms with Gasteiger partial charge in [0.2, 0.25) is 0 Å². The normalized spacial score (nSPS) is 11.3. The highest BCUT2D eigenvalue weighted by Crippen LogP contribution is 2.28. The van der Waals surface area contributed by atoms with E-state index in [-0.39, 0.29) is 5.91 Å². The molecule has 0 fully saturated rings. The maximum atomic E-state index is 13.4. The molecule has 186 valence electrons. The standard InChI is InChI=1S/C32H32N4O/c1-5-23-10-12-24(13-11-23)19-33-32(37)28-18-31(35-30-9-7-6-8-27(28)30)29-20-34-36(22(29)4)26-16-14-25(15-17-26)21(2)3/h6-18,20-21H,5,19H2,1-4H3,(H,33,37). The topological polar surface area (TPSA) is 59.8 Å². The summed E-state index contributed by atoms with van der Waals surface area (Å²) in [6.07, 6.45) is 2.83. The second-order valence-electron chi connectivity index (χ2n) is 9.73. The van der Waals surface area contributed by atoms with Gasteiger partial charge in [0, 0.05) is 17.5 Å². The molecule has 1 N–H and O–H groups in total. The van der Waals surface area contributed by atoms with Crippen molar-refractivity contribution in [3.05, 3.63) is 113 Å². The van der Waals surface area contributed by atoms with Gasteiger partial charge >= 0.3 is 0 Å². The van der Waals surface area contributed by atoms with E-state index >= 15 is 0 Å². The minimum absolute atomic E-state index is 0.117. The number of fused-ring (bicyclic) bond motifs is 1. The Labute approximate surface area is 218 Å². The highest BCUT2D eigenvalue weighted by atomic mass is 16.1. The molecule has 0 atom stereocenters. The second kappa shape index (κ2) is 10.4. The number of pyridine rings is 1. The van der Waals surface area contributed by atoms with E-state index in [0.29, 0.717) is 18.0 Å². The number of aryl methyl sites for hydroxylation is 1. The summed E-state index contributed by atoms with van der Waals surface area (Å²) in [5.41, 5.74) is 8.66. The summed E-state index contributed by atoms with van der Waals surface area (Å²) in [4.78, 5) is 18.3. The van der Waals surface area contributed by atoms with Crippen LogP contribution < -0.4 is 5.32 Å². The van der Waals surface area contributed by atoms with Gasteiger partial charge in [-0.25, -0.2) is 9.67 Å². The number of aromatic nitrogens is 3. The number of nitrogens with one attached hydrogen (secondary N) is 1. The minimum atomic E-state index is -0.117. The second-order valence-corrected chi connectivity index (χ2v) is 9.73. The first-order valence-electron chi connectivity index (χ1n) is 12.9. The number of rotatable bonds is 7. The molecule has 0 bridgehead atoms. The largest absolute Gasteiger partial charge is 0.348 e. The molecule has 2 aromatic heterocycles. The van der Waals surface area contributed by atoms with Crippen LogP contribution in [0.15, 0.2) is 85.1 Å². The maximum Gasteiger partial charge on any atom is 0.252 e. The third-order valence-electron chi connectivity index (χ3n) is 6.94. The van der Waals surface area contributed by atoms with Crippen molar-refractivity contribution in [2.45, 2.75) is 46.6 Å². The lowest BCUT2D eigenvalue weighted by Crippen LogP contribution is -2.23. The molecule has 0 aliphatic heterocycles. The van der Waals surface area contributed by atoms with Crippen LogP contribution >= 0.6 is 0 Å². The Hall–Kier alpha value is -4.25. The van der Waals surface area contributed by atoms with Crippen LogP contribution in [-0.2, 0) is 13.0 Å². The van der Waals surface area contributed by atoms with E-state index in [1.807, 2.05) is 48.1 Å². The van der Waals surface area contributed by atoms with Gasteiger partial charge in [-0.2, -0.15) is 5.10 Å². The van der Waals surface area contributed by atoms with Gasteiger partial charge in [0.15, 0.2) is 0 Å². The summed E-state index contributed by atoms with van der Waals surface area (Å²) in [6, 6.07) is 26.5. The summed E-state index contributed by atoms with van der Waals surface area (Å²) in [5.74, 6) is 0.360. The van der Waals surface area contributed by atoms with Crippen molar-refractivity contribution in [2.24, 2.45) is 0 Å². The van der Waals surface area contributed by atoms with Gasteiger partial charge in [-0.05, 0) is 60.2 Å². The van der Waals surface area contributed by atoms with Crippen LogP contribution in [0.4, 0.5) is 0 Å². The first-order chi connectivity index (χ1) is 17.9. The fourth-order valence-electron chi connectivity index (χ4n) is 4.59. The van der Waals surface area contributed by atoms with Crippen molar-refractivity contribution in [2.75, 3.05) is 0 Å². The van der Waals surface area contributed by atoms with Crippen molar-refractivity contribution in [3.8, 4) is 16.9 Å². The van der Waals surface area contributed by atoms with Crippen molar-refractivity contribution in [1.29, 1.82) is 0 Å². The zero-order valence-corrected chi connectivity index (χ0v) is 21.8. The van der Waals surface area contributed by atoms with Gasteiger partial charge in [-0.3, -0.25) is 4.79 Å². The summed E-state index contributed by atoms with van der Waals surface area (Å²) >= 11 is 0. The third kappa shape index (κ3) is 5.03. The van der Waals surface area contributed by atoms with E-state index in [1.54, 1.807) is 0 Å². The molecule has 2 heterocycles. The molecular weight excluding hydrogens is 456 g/mol. The third-order valence-corrected chi connectivity index (χ3v) is 6.94. The van der Waals surface area contributed by atoms with Gasteiger partial charge in [-0.15, -0.1) is 0 Å². The summed E-state index contributed by atoms with van der Waals surface area (Å²) in [7, 11) is 0. The average molecular weight is 489 g/mol. The van der Waals surface area contributed by atoms with Gasteiger partial charge in [-0.1, -0.05) is 75.4 Å². The molecular formula is C32H32N4O. The molecule has 0 radical (unpaired) electrons. The molecule has 3 aromatic carbocycles. The molecule has 0 spiro atoms. The van der Waals surface area contributed by atoms with Crippen molar-refractivity contribution >= 4 is 16.8 Å². The molecule has 0 unspecified atom stereocenters. The smallest absolute Gasteiger partial charge is 0.252 e. The van der Waals surface area contributed by atoms with Gasteiger partial charge in [0.05, 0.1) is 34.4 Å². The van der Waals surface area contributed by atoms with Crippen LogP contribution in [0.1, 0.15) is 59.4 Å². The zero-order chi connectivity index (χ0) is 25.9. The van der Waals surface area contributed by atoms with Crippen LogP contribution in [0.5, 0.6) is 0 Å². The number of hydrogen-bond acceptors (Lipinski definition) is 3. The molecule has 5 rings (SSSR count). The quantitative estimate of drug-likeness (QED) is 0.268. The van der Waals surface area contributed by atoms with E-state index in [2.05, 4.69) is 79.7 Å². The van der Waals surface area contributed by atoms with E-state index in [9.17, 15) is 4.79 Å². The molecule has 0 aliphatic carbocycles. The predicted octanol–water partition coefficient (Wildman–Crippen LogP) is 7.01. The summed E-state index contributed by atoms with van der Waals surface area (Å²) < 4.78 is 1.93. The van der Waals surface area contributed by atoms with Crippen molar-refractivity contribution in [3.63, 3.8) is 0 Å². The van der Waals surface area contributed by atoms with Gasteiger partial charge < -0.3 is 5.32 Å². The van der Waals surface area contributed by atoms with E-state index in [0.717, 1.165) is 45.5 Å². The van der Waals surface area contributed by atoms with E-state index < -0.39 is 0 Å². The minimum Gasteiger partial charge on any atom is -0.348 e. The van der Waals surface area contributed by atoms with Crippen LogP contribution in [0.3, 0.4) is 0 Å². The number of benzene rings is 3. The number of hydrogen-bond donors (Lipinski definition) is 1. The van der Waals surface area contributed by atoms with Gasteiger partial charge in [0.25, 0.3) is 5.91 Å². The lowest BCUT2D eigenvalue weighted by atomic mass is 10.0. The molecule has 5 nitrogen and oxygen atoms in total. The number of amides is 1. The Morgan fingerprint density at radius 2 is 1.65 bits per heavy atom. The van der Waals surface area contributed by atoms with Crippen LogP contribution in [-0.4, -0.2) is 20.7 Å².